The highest BCUT2D eigenvalue weighted by atomic mass is 19.4. The predicted molar refractivity (Wildman–Crippen MR) is 113 cm³/mol. The van der Waals surface area contributed by atoms with Crippen LogP contribution >= 0.6 is 0 Å². The van der Waals surface area contributed by atoms with Crippen molar-refractivity contribution in [1.82, 2.24) is 10.6 Å². The van der Waals surface area contributed by atoms with Crippen molar-refractivity contribution in [3.63, 3.8) is 0 Å². The van der Waals surface area contributed by atoms with Crippen molar-refractivity contribution in [3.05, 3.63) is 69.8 Å². The Bertz CT molecular complexity index is 1110. The van der Waals surface area contributed by atoms with Crippen molar-refractivity contribution < 1.29 is 57.5 Å². The van der Waals surface area contributed by atoms with Crippen molar-refractivity contribution in [1.29, 1.82) is 0 Å². The lowest BCUT2D eigenvalue weighted by molar-refractivity contribution is -0.144. The monoisotopic (exact) mass is 580 g/mol. The zero-order valence-electron chi connectivity index (χ0n) is 19.6. The summed E-state index contributed by atoms with van der Waals surface area (Å²) in [7, 11) is 0. The third-order valence-corrected chi connectivity index (χ3v) is 6.20. The number of benzene rings is 2. The van der Waals surface area contributed by atoms with Crippen molar-refractivity contribution >= 4 is 5.91 Å². The standard InChI is InChI=1S/C12H9F6NO.C12H11F6N/c13-11(14,15)8-1-6(7-3-10(20)19-5-7)2-9(4-8)12(16,17)18;13-11(14,15)9-3-8(7-1-2-19-6-7)4-10(5-9)12(16,17)18/h1-2,4,7H,3,5H2,(H,19,20);3-5,7,19H,1-2,6H2. The van der Waals surface area contributed by atoms with Gasteiger partial charge in [0.15, 0.2) is 0 Å². The van der Waals surface area contributed by atoms with Gasteiger partial charge in [0.2, 0.25) is 5.91 Å². The molecule has 2 heterocycles. The van der Waals surface area contributed by atoms with Gasteiger partial charge in [-0.25, -0.2) is 0 Å². The lowest BCUT2D eigenvalue weighted by Crippen LogP contribution is -2.15. The molecule has 2 saturated heterocycles. The van der Waals surface area contributed by atoms with E-state index in [0.29, 0.717) is 31.6 Å². The van der Waals surface area contributed by atoms with Crippen LogP contribution in [0.4, 0.5) is 52.7 Å². The second-order valence-corrected chi connectivity index (χ2v) is 9.07. The molecule has 2 aromatic rings. The summed E-state index contributed by atoms with van der Waals surface area (Å²) in [5, 5.41) is 5.31. The maximum Gasteiger partial charge on any atom is 0.416 e. The number of carbonyl (C=O) groups is 1. The van der Waals surface area contributed by atoms with E-state index in [0.717, 1.165) is 12.1 Å². The largest absolute Gasteiger partial charge is 0.416 e. The number of carbonyl (C=O) groups excluding carboxylic acids is 1. The van der Waals surface area contributed by atoms with Gasteiger partial charge in [0, 0.05) is 25.4 Å². The smallest absolute Gasteiger partial charge is 0.355 e. The minimum absolute atomic E-state index is 0.0391. The summed E-state index contributed by atoms with van der Waals surface area (Å²) in [5.41, 5.74) is -5.26. The molecule has 0 spiro atoms. The minimum atomic E-state index is -4.87. The highest BCUT2D eigenvalue weighted by molar-refractivity contribution is 5.79. The van der Waals surface area contributed by atoms with E-state index in [1.165, 1.54) is 0 Å². The van der Waals surface area contributed by atoms with E-state index in [-0.39, 0.29) is 48.1 Å². The molecule has 0 aliphatic carbocycles. The van der Waals surface area contributed by atoms with E-state index < -0.39 is 52.9 Å². The van der Waals surface area contributed by atoms with Gasteiger partial charge >= 0.3 is 24.7 Å². The van der Waals surface area contributed by atoms with E-state index in [9.17, 15) is 57.5 Å². The maximum absolute atomic E-state index is 12.6. The molecular weight excluding hydrogens is 560 g/mol. The Hall–Kier alpha value is -2.97. The second-order valence-electron chi connectivity index (χ2n) is 9.07. The Balaban J connectivity index is 0.000000216. The normalized spacial score (nSPS) is 20.5. The van der Waals surface area contributed by atoms with Gasteiger partial charge in [-0.1, -0.05) is 0 Å². The molecule has 2 fully saturated rings. The fourth-order valence-corrected chi connectivity index (χ4v) is 4.21. The molecule has 4 rings (SSSR count). The molecule has 3 nitrogen and oxygen atoms in total. The molecule has 0 saturated carbocycles. The number of alkyl halides is 12. The first-order valence-electron chi connectivity index (χ1n) is 11.3. The van der Waals surface area contributed by atoms with E-state index in [1.54, 1.807) is 0 Å². The van der Waals surface area contributed by atoms with Crippen LogP contribution in [0.5, 0.6) is 0 Å². The quantitative estimate of drug-likeness (QED) is 0.372. The fourth-order valence-electron chi connectivity index (χ4n) is 4.21. The summed E-state index contributed by atoms with van der Waals surface area (Å²) in [6, 6.07) is 3.19. The van der Waals surface area contributed by atoms with Crippen LogP contribution in [0, 0.1) is 0 Å². The Morgan fingerprint density at radius 3 is 1.23 bits per heavy atom. The van der Waals surface area contributed by atoms with Gasteiger partial charge in [0.1, 0.15) is 0 Å². The van der Waals surface area contributed by atoms with Crippen LogP contribution in [-0.4, -0.2) is 25.5 Å². The van der Waals surface area contributed by atoms with Crippen molar-refractivity contribution in [2.45, 2.75) is 49.4 Å². The number of hydrogen-bond acceptors (Lipinski definition) is 2. The number of nitrogens with one attached hydrogen (secondary N) is 2. The molecule has 39 heavy (non-hydrogen) atoms. The number of halogens is 12. The SMILES string of the molecule is FC(F)(F)c1cc(C2CCNC2)cc(C(F)(F)F)c1.O=C1CC(c2cc(C(F)(F)F)cc(C(F)(F)F)c2)CN1. The molecule has 2 aromatic carbocycles. The Labute approximate surface area is 213 Å². The fraction of sp³-hybridized carbons (Fsp3) is 0.458. The Morgan fingerprint density at radius 1 is 0.564 bits per heavy atom. The highest BCUT2D eigenvalue weighted by Crippen LogP contribution is 2.40. The maximum atomic E-state index is 12.6. The van der Waals surface area contributed by atoms with E-state index in [1.807, 2.05) is 0 Å². The van der Waals surface area contributed by atoms with Gasteiger partial charge in [-0.15, -0.1) is 0 Å². The van der Waals surface area contributed by atoms with Crippen LogP contribution in [0.25, 0.3) is 0 Å². The summed E-state index contributed by atoms with van der Waals surface area (Å²) >= 11 is 0. The average Bonchev–Trinajstić information content (AvgIpc) is 3.49. The predicted octanol–water partition coefficient (Wildman–Crippen LogP) is 7.13. The number of rotatable bonds is 2. The third-order valence-electron chi connectivity index (χ3n) is 6.20. The van der Waals surface area contributed by atoms with Crippen LogP contribution in [0.2, 0.25) is 0 Å². The second kappa shape index (κ2) is 10.9. The van der Waals surface area contributed by atoms with Crippen LogP contribution in [0.15, 0.2) is 36.4 Å². The molecule has 216 valence electrons. The highest BCUT2D eigenvalue weighted by Gasteiger charge is 2.39. The minimum Gasteiger partial charge on any atom is -0.355 e. The molecule has 0 aromatic heterocycles. The van der Waals surface area contributed by atoms with Crippen LogP contribution in [-0.2, 0) is 29.5 Å². The Kier molecular flexibility index (Phi) is 8.54. The zero-order valence-corrected chi connectivity index (χ0v) is 19.6. The number of amides is 1. The van der Waals surface area contributed by atoms with Gasteiger partial charge < -0.3 is 10.6 Å². The van der Waals surface area contributed by atoms with Crippen molar-refractivity contribution in [2.24, 2.45) is 0 Å². The van der Waals surface area contributed by atoms with Gasteiger partial charge in [-0.05, 0) is 66.4 Å². The molecule has 2 atom stereocenters. The van der Waals surface area contributed by atoms with E-state index in [2.05, 4.69) is 10.6 Å². The Morgan fingerprint density at radius 2 is 0.949 bits per heavy atom. The van der Waals surface area contributed by atoms with Crippen LogP contribution < -0.4 is 10.6 Å². The molecular formula is C24H20F12N2O. The summed E-state index contributed by atoms with van der Waals surface area (Å²) in [5.74, 6) is -1.37. The van der Waals surface area contributed by atoms with Crippen LogP contribution in [0.3, 0.4) is 0 Å². The van der Waals surface area contributed by atoms with Crippen molar-refractivity contribution in [2.75, 3.05) is 19.6 Å². The average molecular weight is 580 g/mol. The first kappa shape index (κ1) is 30.6. The summed E-state index contributed by atoms with van der Waals surface area (Å²) < 4.78 is 152. The van der Waals surface area contributed by atoms with Gasteiger partial charge in [0.05, 0.1) is 22.3 Å². The van der Waals surface area contributed by atoms with E-state index >= 15 is 0 Å². The first-order valence-corrected chi connectivity index (χ1v) is 11.3. The first-order chi connectivity index (χ1) is 17.7. The van der Waals surface area contributed by atoms with Gasteiger partial charge in [0.25, 0.3) is 0 Å². The summed E-state index contributed by atoms with van der Waals surface area (Å²) in [4.78, 5) is 11.0. The van der Waals surface area contributed by atoms with Crippen molar-refractivity contribution in [3.8, 4) is 0 Å². The lowest BCUT2D eigenvalue weighted by atomic mass is 9.94. The number of hydrogen-bond donors (Lipinski definition) is 2. The topological polar surface area (TPSA) is 41.1 Å². The third kappa shape index (κ3) is 8.02. The van der Waals surface area contributed by atoms with E-state index in [4.69, 9.17) is 0 Å². The molecule has 2 aliphatic rings. The molecule has 15 heteroatoms. The lowest BCUT2D eigenvalue weighted by Gasteiger charge is -2.16. The van der Waals surface area contributed by atoms with Gasteiger partial charge in [-0.2, -0.15) is 52.7 Å². The summed E-state index contributed by atoms with van der Waals surface area (Å²) in [6.45, 7) is 1.04. The molecule has 2 N–H and O–H groups in total. The summed E-state index contributed by atoms with van der Waals surface area (Å²) in [6.07, 6.45) is -18.9. The van der Waals surface area contributed by atoms with Crippen LogP contribution in [0.1, 0.15) is 58.1 Å². The zero-order chi connectivity index (χ0) is 29.4. The molecule has 2 unspecified atom stereocenters. The molecule has 1 amide bonds. The van der Waals surface area contributed by atoms with Gasteiger partial charge in [-0.3, -0.25) is 4.79 Å². The molecule has 0 radical (unpaired) electrons. The molecule has 0 bridgehead atoms. The molecule has 2 aliphatic heterocycles.